The van der Waals surface area contributed by atoms with Gasteiger partial charge in [0.15, 0.2) is 5.78 Å². The zero-order valence-electron chi connectivity index (χ0n) is 12.3. The first-order valence-corrected chi connectivity index (χ1v) is 8.34. The predicted octanol–water partition coefficient (Wildman–Crippen LogP) is 5.01. The fourth-order valence-corrected chi connectivity index (χ4v) is 3.20. The van der Waals surface area contributed by atoms with E-state index in [-0.39, 0.29) is 18.0 Å². The normalized spacial score (nSPS) is 24.4. The van der Waals surface area contributed by atoms with Gasteiger partial charge in [-0.3, -0.25) is 4.79 Å². The Morgan fingerprint density at radius 2 is 2.05 bits per heavy atom. The standard InChI is InChI=1S/C17H23BrO2/c1-3-13-5-4-6-16(11-13)20-12(2)17(19)14-7-9-15(18)10-8-14/h7-10,12-13,16H,3-6,11H2,1-2H3. The van der Waals surface area contributed by atoms with Crippen LogP contribution in [-0.2, 0) is 4.74 Å². The third-order valence-corrected chi connectivity index (χ3v) is 4.74. The van der Waals surface area contributed by atoms with Gasteiger partial charge < -0.3 is 4.74 Å². The van der Waals surface area contributed by atoms with Crippen LogP contribution in [0.4, 0.5) is 0 Å². The topological polar surface area (TPSA) is 26.3 Å². The van der Waals surface area contributed by atoms with Crippen molar-refractivity contribution in [1.29, 1.82) is 0 Å². The lowest BCUT2D eigenvalue weighted by Gasteiger charge is -2.30. The summed E-state index contributed by atoms with van der Waals surface area (Å²) in [6.07, 6.45) is 5.85. The van der Waals surface area contributed by atoms with Crippen LogP contribution in [-0.4, -0.2) is 18.0 Å². The molecule has 0 amide bonds. The monoisotopic (exact) mass is 338 g/mol. The summed E-state index contributed by atoms with van der Waals surface area (Å²) >= 11 is 3.38. The van der Waals surface area contributed by atoms with Crippen LogP contribution in [0.2, 0.25) is 0 Å². The number of hydrogen-bond acceptors (Lipinski definition) is 2. The van der Waals surface area contributed by atoms with Crippen molar-refractivity contribution < 1.29 is 9.53 Å². The zero-order chi connectivity index (χ0) is 14.5. The second kappa shape index (κ2) is 7.37. The SMILES string of the molecule is CCC1CCCC(OC(C)C(=O)c2ccc(Br)cc2)C1. The molecule has 0 heterocycles. The molecule has 3 atom stereocenters. The molecular formula is C17H23BrO2. The number of halogens is 1. The van der Waals surface area contributed by atoms with Gasteiger partial charge in [-0.2, -0.15) is 0 Å². The van der Waals surface area contributed by atoms with Crippen LogP contribution < -0.4 is 0 Å². The molecule has 1 saturated carbocycles. The third-order valence-electron chi connectivity index (χ3n) is 4.21. The van der Waals surface area contributed by atoms with E-state index in [2.05, 4.69) is 22.9 Å². The minimum Gasteiger partial charge on any atom is -0.367 e. The fraction of sp³-hybridized carbons (Fsp3) is 0.588. The molecule has 0 bridgehead atoms. The Labute approximate surface area is 130 Å². The smallest absolute Gasteiger partial charge is 0.191 e. The largest absolute Gasteiger partial charge is 0.367 e. The number of benzene rings is 1. The van der Waals surface area contributed by atoms with Crippen LogP contribution in [0.3, 0.4) is 0 Å². The first kappa shape index (κ1) is 15.7. The van der Waals surface area contributed by atoms with Crippen molar-refractivity contribution in [1.82, 2.24) is 0 Å². The fourth-order valence-electron chi connectivity index (χ4n) is 2.94. The maximum Gasteiger partial charge on any atom is 0.191 e. The highest BCUT2D eigenvalue weighted by molar-refractivity contribution is 9.10. The van der Waals surface area contributed by atoms with Crippen LogP contribution in [0.25, 0.3) is 0 Å². The second-order valence-corrected chi connectivity index (χ2v) is 6.63. The summed E-state index contributed by atoms with van der Waals surface area (Å²) in [5.41, 5.74) is 0.726. The lowest BCUT2D eigenvalue weighted by atomic mass is 9.85. The number of hydrogen-bond donors (Lipinski definition) is 0. The van der Waals surface area contributed by atoms with Crippen molar-refractivity contribution in [2.24, 2.45) is 5.92 Å². The van der Waals surface area contributed by atoms with Crippen molar-refractivity contribution in [3.8, 4) is 0 Å². The molecule has 0 spiro atoms. The molecule has 0 aromatic heterocycles. The molecule has 2 rings (SSSR count). The lowest BCUT2D eigenvalue weighted by molar-refractivity contribution is -0.0221. The van der Waals surface area contributed by atoms with Gasteiger partial charge in [0.1, 0.15) is 6.10 Å². The summed E-state index contributed by atoms with van der Waals surface area (Å²) in [6.45, 7) is 4.11. The maximum atomic E-state index is 12.3. The molecule has 1 aliphatic carbocycles. The highest BCUT2D eigenvalue weighted by atomic mass is 79.9. The van der Waals surface area contributed by atoms with E-state index in [0.29, 0.717) is 0 Å². The highest BCUT2D eigenvalue weighted by Crippen LogP contribution is 2.29. The Hall–Kier alpha value is -0.670. The van der Waals surface area contributed by atoms with Crippen LogP contribution >= 0.6 is 15.9 Å². The minimum atomic E-state index is -0.350. The second-order valence-electron chi connectivity index (χ2n) is 5.71. The molecule has 2 nitrogen and oxygen atoms in total. The minimum absolute atomic E-state index is 0.0797. The molecule has 0 radical (unpaired) electrons. The Morgan fingerprint density at radius 1 is 1.35 bits per heavy atom. The number of ketones is 1. The molecule has 3 unspecified atom stereocenters. The molecule has 0 saturated heterocycles. The lowest BCUT2D eigenvalue weighted by Crippen LogP contribution is -2.30. The molecule has 1 aromatic carbocycles. The van der Waals surface area contributed by atoms with Crippen LogP contribution in [0.15, 0.2) is 28.7 Å². The van der Waals surface area contributed by atoms with E-state index in [9.17, 15) is 4.79 Å². The molecular weight excluding hydrogens is 316 g/mol. The van der Waals surface area contributed by atoms with E-state index in [1.807, 2.05) is 31.2 Å². The Bertz CT molecular complexity index is 441. The molecule has 1 fully saturated rings. The van der Waals surface area contributed by atoms with Crippen LogP contribution in [0.1, 0.15) is 56.3 Å². The molecule has 3 heteroatoms. The molecule has 0 N–H and O–H groups in total. The molecule has 1 aliphatic rings. The summed E-state index contributed by atoms with van der Waals surface area (Å²) in [5, 5.41) is 0. The summed E-state index contributed by atoms with van der Waals surface area (Å²) in [5.74, 6) is 0.847. The van der Waals surface area contributed by atoms with Gasteiger partial charge in [0, 0.05) is 10.0 Å². The first-order chi connectivity index (χ1) is 9.60. The van der Waals surface area contributed by atoms with Gasteiger partial charge >= 0.3 is 0 Å². The Morgan fingerprint density at radius 3 is 2.70 bits per heavy atom. The van der Waals surface area contributed by atoms with Gasteiger partial charge in [0.05, 0.1) is 6.10 Å². The maximum absolute atomic E-state index is 12.3. The molecule has 110 valence electrons. The van der Waals surface area contributed by atoms with Gasteiger partial charge in [-0.1, -0.05) is 54.2 Å². The summed E-state index contributed by atoms with van der Waals surface area (Å²) < 4.78 is 7.00. The van der Waals surface area contributed by atoms with E-state index >= 15 is 0 Å². The van der Waals surface area contributed by atoms with Gasteiger partial charge in [0.2, 0.25) is 0 Å². The molecule has 1 aromatic rings. The first-order valence-electron chi connectivity index (χ1n) is 7.55. The summed E-state index contributed by atoms with van der Waals surface area (Å²) in [4.78, 5) is 12.3. The van der Waals surface area contributed by atoms with Gasteiger partial charge in [-0.05, 0) is 37.8 Å². The number of carbonyl (C=O) groups excluding carboxylic acids is 1. The third kappa shape index (κ3) is 4.16. The number of Topliss-reactive ketones (excluding diaryl/α,β-unsaturated/α-hetero) is 1. The average molecular weight is 339 g/mol. The van der Waals surface area contributed by atoms with E-state index < -0.39 is 0 Å². The van der Waals surface area contributed by atoms with Gasteiger partial charge in [0.25, 0.3) is 0 Å². The van der Waals surface area contributed by atoms with Crippen molar-refractivity contribution >= 4 is 21.7 Å². The molecule has 20 heavy (non-hydrogen) atoms. The van der Waals surface area contributed by atoms with Crippen molar-refractivity contribution in [3.05, 3.63) is 34.3 Å². The quantitative estimate of drug-likeness (QED) is 0.705. The van der Waals surface area contributed by atoms with Crippen LogP contribution in [0.5, 0.6) is 0 Å². The van der Waals surface area contributed by atoms with Crippen molar-refractivity contribution in [2.75, 3.05) is 0 Å². The summed E-state index contributed by atoms with van der Waals surface area (Å²) in [7, 11) is 0. The van der Waals surface area contributed by atoms with E-state index in [1.165, 1.54) is 19.3 Å². The number of carbonyl (C=O) groups is 1. The van der Waals surface area contributed by atoms with Gasteiger partial charge in [-0.25, -0.2) is 0 Å². The van der Waals surface area contributed by atoms with Crippen molar-refractivity contribution in [3.63, 3.8) is 0 Å². The number of ether oxygens (including phenoxy) is 1. The average Bonchev–Trinajstić information content (AvgIpc) is 2.47. The Balaban J connectivity index is 1.92. The highest BCUT2D eigenvalue weighted by Gasteiger charge is 2.25. The van der Waals surface area contributed by atoms with E-state index in [0.717, 1.165) is 28.8 Å². The van der Waals surface area contributed by atoms with E-state index in [1.54, 1.807) is 0 Å². The number of rotatable bonds is 5. The zero-order valence-corrected chi connectivity index (χ0v) is 13.9. The van der Waals surface area contributed by atoms with Crippen LogP contribution in [0, 0.1) is 5.92 Å². The summed E-state index contributed by atoms with van der Waals surface area (Å²) in [6, 6.07) is 7.49. The van der Waals surface area contributed by atoms with Gasteiger partial charge in [-0.15, -0.1) is 0 Å². The van der Waals surface area contributed by atoms with Crippen molar-refractivity contribution in [2.45, 2.75) is 58.2 Å². The predicted molar refractivity (Wildman–Crippen MR) is 85.1 cm³/mol. The van der Waals surface area contributed by atoms with E-state index in [4.69, 9.17) is 4.74 Å². The molecule has 0 aliphatic heterocycles. The Kier molecular flexibility index (Phi) is 5.79.